The lowest BCUT2D eigenvalue weighted by molar-refractivity contribution is -0.136. The van der Waals surface area contributed by atoms with Crippen molar-refractivity contribution in [3.63, 3.8) is 0 Å². The number of aromatic nitrogens is 2. The van der Waals surface area contributed by atoms with Gasteiger partial charge in [0.15, 0.2) is 0 Å². The first-order valence-electron chi connectivity index (χ1n) is 11.0. The van der Waals surface area contributed by atoms with E-state index in [2.05, 4.69) is 28.2 Å². The molecule has 7 nitrogen and oxygen atoms in total. The van der Waals surface area contributed by atoms with Gasteiger partial charge >= 0.3 is 0 Å². The number of rotatable bonds is 4. The van der Waals surface area contributed by atoms with Crippen LogP contribution >= 0.6 is 0 Å². The zero-order valence-corrected chi connectivity index (χ0v) is 17.5. The molecular formula is C25H22N4O3. The molecule has 3 amide bonds. The molecule has 1 saturated heterocycles. The van der Waals surface area contributed by atoms with Crippen LogP contribution in [0.1, 0.15) is 53.3 Å². The normalized spacial score (nSPS) is 20.4. The van der Waals surface area contributed by atoms with E-state index in [1.165, 1.54) is 0 Å². The van der Waals surface area contributed by atoms with E-state index in [1.807, 2.05) is 36.4 Å². The molecule has 2 aliphatic heterocycles. The predicted octanol–water partition coefficient (Wildman–Crippen LogP) is 3.18. The Kier molecular flexibility index (Phi) is 4.24. The molecule has 2 fully saturated rings. The third kappa shape index (κ3) is 3.12. The molecule has 3 aromatic rings. The lowest BCUT2D eigenvalue weighted by Gasteiger charge is -2.29. The number of nitrogens with one attached hydrogen (secondary N) is 1. The average molecular weight is 426 g/mol. The van der Waals surface area contributed by atoms with Crippen molar-refractivity contribution in [2.24, 2.45) is 0 Å². The standard InChI is InChI=1S/C25H22N4O3/c30-22-11-10-21(24(31)27-22)29-13-17-12-16(8-9-19(17)25(29)32)20-14-28(18-4-2-1-3-5-18)23(26-20)15-6-7-15/h1-5,8-9,12,14-15,21H,6-7,10-11,13H2,(H,27,30,31). The van der Waals surface area contributed by atoms with Gasteiger partial charge in [0.05, 0.1) is 5.69 Å². The van der Waals surface area contributed by atoms with E-state index in [0.29, 0.717) is 24.4 Å². The number of imidazole rings is 1. The molecule has 0 radical (unpaired) electrons. The largest absolute Gasteiger partial charge is 0.322 e. The number of piperidine rings is 1. The fourth-order valence-corrected chi connectivity index (χ4v) is 4.69. The lowest BCUT2D eigenvalue weighted by Crippen LogP contribution is -2.52. The maximum Gasteiger partial charge on any atom is 0.255 e. The number of hydrogen-bond donors (Lipinski definition) is 1. The van der Waals surface area contributed by atoms with Crippen molar-refractivity contribution < 1.29 is 14.4 Å². The summed E-state index contributed by atoms with van der Waals surface area (Å²) in [5.74, 6) is 0.738. The van der Waals surface area contributed by atoms with E-state index < -0.39 is 11.9 Å². The number of fused-ring (bicyclic) bond motifs is 1. The highest BCUT2D eigenvalue weighted by atomic mass is 16.2. The van der Waals surface area contributed by atoms with Crippen molar-refractivity contribution in [3.8, 4) is 16.9 Å². The van der Waals surface area contributed by atoms with Gasteiger partial charge in [-0.2, -0.15) is 0 Å². The Bertz CT molecular complexity index is 1260. The third-order valence-electron chi connectivity index (χ3n) is 6.53. The Morgan fingerprint density at radius 3 is 2.53 bits per heavy atom. The summed E-state index contributed by atoms with van der Waals surface area (Å²) >= 11 is 0. The van der Waals surface area contributed by atoms with Gasteiger partial charge in [-0.3, -0.25) is 19.7 Å². The zero-order valence-electron chi connectivity index (χ0n) is 17.5. The Morgan fingerprint density at radius 2 is 1.78 bits per heavy atom. The summed E-state index contributed by atoms with van der Waals surface area (Å²) in [6.07, 6.45) is 5.00. The first-order valence-corrected chi connectivity index (χ1v) is 11.0. The maximum atomic E-state index is 13.0. The highest BCUT2D eigenvalue weighted by Crippen LogP contribution is 2.41. The van der Waals surface area contributed by atoms with Crippen molar-refractivity contribution in [3.05, 3.63) is 71.7 Å². The van der Waals surface area contributed by atoms with E-state index in [1.54, 1.807) is 4.90 Å². The van der Waals surface area contributed by atoms with Crippen molar-refractivity contribution in [2.75, 3.05) is 0 Å². The first-order chi connectivity index (χ1) is 15.6. The van der Waals surface area contributed by atoms with Crippen LogP contribution in [0.25, 0.3) is 16.9 Å². The molecule has 1 aromatic heterocycles. The Labute approximate surface area is 185 Å². The minimum atomic E-state index is -0.602. The number of benzene rings is 2. The minimum absolute atomic E-state index is 0.158. The molecule has 32 heavy (non-hydrogen) atoms. The zero-order chi connectivity index (χ0) is 21.8. The summed E-state index contributed by atoms with van der Waals surface area (Å²) in [5.41, 5.74) is 4.43. The number of nitrogens with zero attached hydrogens (tertiary/aromatic N) is 3. The van der Waals surface area contributed by atoms with Crippen LogP contribution in [0.5, 0.6) is 0 Å². The predicted molar refractivity (Wildman–Crippen MR) is 117 cm³/mol. The second kappa shape index (κ2) is 7.15. The first kappa shape index (κ1) is 19.0. The van der Waals surface area contributed by atoms with Gasteiger partial charge in [-0.1, -0.05) is 24.3 Å². The van der Waals surface area contributed by atoms with Crippen LogP contribution in [0.3, 0.4) is 0 Å². The monoisotopic (exact) mass is 426 g/mol. The summed E-state index contributed by atoms with van der Waals surface area (Å²) in [6.45, 7) is 0.364. The van der Waals surface area contributed by atoms with Crippen molar-refractivity contribution in [1.29, 1.82) is 0 Å². The van der Waals surface area contributed by atoms with Gasteiger partial charge in [-0.05, 0) is 49.1 Å². The molecule has 3 heterocycles. The molecule has 160 valence electrons. The quantitative estimate of drug-likeness (QED) is 0.650. The Hall–Kier alpha value is -3.74. The summed E-state index contributed by atoms with van der Waals surface area (Å²) in [7, 11) is 0. The molecule has 2 aromatic carbocycles. The van der Waals surface area contributed by atoms with Gasteiger partial charge in [-0.15, -0.1) is 0 Å². The molecule has 6 rings (SSSR count). The molecule has 0 bridgehead atoms. The smallest absolute Gasteiger partial charge is 0.255 e. The van der Waals surface area contributed by atoms with Crippen LogP contribution in [0.2, 0.25) is 0 Å². The van der Waals surface area contributed by atoms with E-state index >= 15 is 0 Å². The van der Waals surface area contributed by atoms with Gasteiger partial charge in [0.25, 0.3) is 5.91 Å². The number of amides is 3. The van der Waals surface area contributed by atoms with Gasteiger partial charge in [0, 0.05) is 41.9 Å². The van der Waals surface area contributed by atoms with Crippen LogP contribution in [0.4, 0.5) is 0 Å². The molecule has 1 unspecified atom stereocenters. The highest BCUT2D eigenvalue weighted by Gasteiger charge is 2.39. The molecule has 3 aliphatic rings. The fourth-order valence-electron chi connectivity index (χ4n) is 4.69. The summed E-state index contributed by atoms with van der Waals surface area (Å²) in [5, 5.41) is 2.35. The molecular weight excluding hydrogens is 404 g/mol. The number of hydrogen-bond acceptors (Lipinski definition) is 4. The highest BCUT2D eigenvalue weighted by molar-refractivity contribution is 6.05. The van der Waals surface area contributed by atoms with E-state index in [-0.39, 0.29) is 18.2 Å². The summed E-state index contributed by atoms with van der Waals surface area (Å²) in [4.78, 5) is 43.2. The van der Waals surface area contributed by atoms with E-state index in [9.17, 15) is 14.4 Å². The van der Waals surface area contributed by atoms with Crippen molar-refractivity contribution in [1.82, 2.24) is 19.8 Å². The molecule has 1 aliphatic carbocycles. The number of carbonyl (C=O) groups excluding carboxylic acids is 3. The van der Waals surface area contributed by atoms with Crippen LogP contribution in [-0.2, 0) is 16.1 Å². The number of carbonyl (C=O) groups is 3. The maximum absolute atomic E-state index is 13.0. The molecule has 1 atom stereocenters. The fraction of sp³-hybridized carbons (Fsp3) is 0.280. The van der Waals surface area contributed by atoms with E-state index in [4.69, 9.17) is 4.98 Å². The van der Waals surface area contributed by atoms with Crippen LogP contribution < -0.4 is 5.32 Å². The van der Waals surface area contributed by atoms with Crippen LogP contribution in [0.15, 0.2) is 54.7 Å². The SMILES string of the molecule is O=C1CCC(N2Cc3cc(-c4cn(-c5ccccc5)c(C5CC5)n4)ccc3C2=O)C(=O)N1. The van der Waals surface area contributed by atoms with Gasteiger partial charge in [0.1, 0.15) is 11.9 Å². The Morgan fingerprint density at radius 1 is 0.969 bits per heavy atom. The van der Waals surface area contributed by atoms with Crippen LogP contribution in [0, 0.1) is 0 Å². The number of para-hydroxylation sites is 1. The van der Waals surface area contributed by atoms with Crippen LogP contribution in [-0.4, -0.2) is 38.2 Å². The second-order valence-corrected chi connectivity index (χ2v) is 8.74. The topological polar surface area (TPSA) is 84.3 Å². The lowest BCUT2D eigenvalue weighted by atomic mass is 10.0. The van der Waals surface area contributed by atoms with E-state index in [0.717, 1.165) is 41.2 Å². The third-order valence-corrected chi connectivity index (χ3v) is 6.53. The summed E-state index contributed by atoms with van der Waals surface area (Å²) in [6, 6.07) is 15.4. The average Bonchev–Trinajstić information content (AvgIpc) is 3.47. The van der Waals surface area contributed by atoms with Gasteiger partial charge in [-0.25, -0.2) is 4.98 Å². The van der Waals surface area contributed by atoms with Crippen molar-refractivity contribution >= 4 is 17.7 Å². The molecule has 0 spiro atoms. The van der Waals surface area contributed by atoms with Gasteiger partial charge in [0.2, 0.25) is 11.8 Å². The Balaban J connectivity index is 1.32. The second-order valence-electron chi connectivity index (χ2n) is 8.74. The minimum Gasteiger partial charge on any atom is -0.322 e. The van der Waals surface area contributed by atoms with Gasteiger partial charge < -0.3 is 9.47 Å². The number of imide groups is 1. The summed E-state index contributed by atoms with van der Waals surface area (Å²) < 4.78 is 2.17. The molecule has 1 N–H and O–H groups in total. The molecule has 7 heteroatoms. The van der Waals surface area contributed by atoms with Crippen molar-refractivity contribution in [2.45, 2.75) is 44.2 Å². The molecule has 1 saturated carbocycles.